The minimum absolute atomic E-state index is 0.0985. The smallest absolute Gasteiger partial charge is 0.332 e. The first-order valence-electron chi connectivity index (χ1n) is 5.93. The molecular formula is C13H16N2O3. The lowest BCUT2D eigenvalue weighted by atomic mass is 10.2. The van der Waals surface area contributed by atoms with Crippen LogP contribution in [-0.2, 0) is 22.5 Å². The molecule has 1 aliphatic heterocycles. The quantitative estimate of drug-likeness (QED) is 0.598. The molecule has 0 radical (unpaired) electrons. The zero-order valence-electron chi connectivity index (χ0n) is 10.3. The standard InChI is InChI=1S/C13H16N2O3/c1-3-5-9-12(17)10(8-11(16)18-4-2)15-7-6-14-13(9)15/h3,8,17H,1,4-7H2,2H3/b10-8-. The molecular weight excluding hydrogens is 232 g/mol. The third kappa shape index (κ3) is 2.03. The van der Waals surface area contributed by atoms with Gasteiger partial charge in [-0.1, -0.05) is 6.08 Å². The second kappa shape index (κ2) is 5.08. The average Bonchev–Trinajstić information content (AvgIpc) is 2.88. The van der Waals surface area contributed by atoms with Gasteiger partial charge >= 0.3 is 5.97 Å². The molecule has 0 fully saturated rings. The zero-order chi connectivity index (χ0) is 13.1. The zero-order valence-corrected chi connectivity index (χ0v) is 10.3. The predicted octanol–water partition coefficient (Wildman–Crippen LogP) is -0.101. The van der Waals surface area contributed by atoms with Crippen molar-refractivity contribution in [1.29, 1.82) is 0 Å². The fraction of sp³-hybridized carbons (Fsp3) is 0.385. The molecule has 18 heavy (non-hydrogen) atoms. The van der Waals surface area contributed by atoms with Gasteiger partial charge in [0, 0.05) is 12.1 Å². The third-order valence-electron chi connectivity index (χ3n) is 2.82. The number of fused-ring (bicyclic) bond motifs is 1. The molecule has 0 atom stereocenters. The Kier molecular flexibility index (Phi) is 3.50. The van der Waals surface area contributed by atoms with Crippen molar-refractivity contribution < 1.29 is 14.6 Å². The number of hydrogen-bond donors (Lipinski definition) is 1. The first kappa shape index (κ1) is 12.4. The SMILES string of the molecule is C=CCc1c(O)/c(=C/C(=O)OCC)n2c1=NCC2. The number of ether oxygens (including phenoxy) is 1. The van der Waals surface area contributed by atoms with E-state index in [9.17, 15) is 9.90 Å². The molecule has 0 aliphatic carbocycles. The molecule has 2 rings (SSSR count). The number of hydrogen-bond acceptors (Lipinski definition) is 4. The molecule has 0 amide bonds. The molecule has 0 saturated carbocycles. The summed E-state index contributed by atoms with van der Waals surface area (Å²) >= 11 is 0. The van der Waals surface area contributed by atoms with Crippen LogP contribution in [0.4, 0.5) is 0 Å². The van der Waals surface area contributed by atoms with E-state index in [0.717, 1.165) is 11.1 Å². The molecule has 0 bridgehead atoms. The van der Waals surface area contributed by atoms with Crippen LogP contribution in [0.1, 0.15) is 12.5 Å². The van der Waals surface area contributed by atoms with Crippen LogP contribution in [0.5, 0.6) is 5.75 Å². The highest BCUT2D eigenvalue weighted by atomic mass is 16.5. The predicted molar refractivity (Wildman–Crippen MR) is 66.7 cm³/mol. The first-order chi connectivity index (χ1) is 8.69. The Labute approximate surface area is 105 Å². The summed E-state index contributed by atoms with van der Waals surface area (Å²) < 4.78 is 6.70. The molecule has 5 nitrogen and oxygen atoms in total. The summed E-state index contributed by atoms with van der Waals surface area (Å²) in [7, 11) is 0. The highest BCUT2D eigenvalue weighted by Crippen LogP contribution is 2.10. The Hall–Kier alpha value is -2.04. The fourth-order valence-electron chi connectivity index (χ4n) is 2.10. The Balaban J connectivity index is 2.57. The van der Waals surface area contributed by atoms with E-state index in [2.05, 4.69) is 11.6 Å². The van der Waals surface area contributed by atoms with Crippen LogP contribution < -0.4 is 10.8 Å². The largest absolute Gasteiger partial charge is 0.505 e. The topological polar surface area (TPSA) is 63.8 Å². The van der Waals surface area contributed by atoms with Gasteiger partial charge in [-0.2, -0.15) is 0 Å². The molecule has 0 unspecified atom stereocenters. The lowest BCUT2D eigenvalue weighted by molar-refractivity contribution is -0.135. The van der Waals surface area contributed by atoms with Gasteiger partial charge in [-0.25, -0.2) is 4.79 Å². The lowest BCUT2D eigenvalue weighted by Crippen LogP contribution is -2.25. The van der Waals surface area contributed by atoms with Crippen molar-refractivity contribution in [3.63, 3.8) is 0 Å². The number of carbonyl (C=O) groups excluding carboxylic acids is 1. The Morgan fingerprint density at radius 3 is 3.11 bits per heavy atom. The van der Waals surface area contributed by atoms with Crippen LogP contribution in [0, 0.1) is 0 Å². The van der Waals surface area contributed by atoms with Crippen LogP contribution in [0.2, 0.25) is 0 Å². The summed E-state index contributed by atoms with van der Waals surface area (Å²) in [6.45, 7) is 7.06. The van der Waals surface area contributed by atoms with Crippen LogP contribution in [0.25, 0.3) is 6.08 Å². The maximum atomic E-state index is 11.5. The summed E-state index contributed by atoms with van der Waals surface area (Å²) in [6, 6.07) is 0. The Bertz CT molecular complexity index is 599. The van der Waals surface area contributed by atoms with Crippen LogP contribution in [0.15, 0.2) is 17.6 Å². The summed E-state index contributed by atoms with van der Waals surface area (Å²) in [4.78, 5) is 15.8. The number of esters is 1. The lowest BCUT2D eigenvalue weighted by Gasteiger charge is -1.97. The molecule has 1 aliphatic rings. The summed E-state index contributed by atoms with van der Waals surface area (Å²) in [5, 5.41) is 10.6. The van der Waals surface area contributed by atoms with Gasteiger partial charge in [0.15, 0.2) is 0 Å². The number of nitrogens with zero attached hydrogens (tertiary/aromatic N) is 2. The molecule has 0 saturated heterocycles. The van der Waals surface area contributed by atoms with Crippen molar-refractivity contribution in [2.45, 2.75) is 19.9 Å². The van der Waals surface area contributed by atoms with E-state index in [0.29, 0.717) is 31.5 Å². The van der Waals surface area contributed by atoms with E-state index in [4.69, 9.17) is 4.74 Å². The van der Waals surface area contributed by atoms with Gasteiger partial charge in [-0.05, 0) is 13.3 Å². The second-order valence-corrected chi connectivity index (χ2v) is 3.96. The van der Waals surface area contributed by atoms with Gasteiger partial charge in [0.25, 0.3) is 0 Å². The number of aromatic hydroxyl groups is 1. The number of rotatable bonds is 4. The summed E-state index contributed by atoms with van der Waals surface area (Å²) in [6.07, 6.45) is 3.55. The normalized spacial score (nSPS) is 14.2. The van der Waals surface area contributed by atoms with Crippen molar-refractivity contribution >= 4 is 12.0 Å². The van der Waals surface area contributed by atoms with E-state index in [1.807, 2.05) is 4.57 Å². The second-order valence-electron chi connectivity index (χ2n) is 3.96. The van der Waals surface area contributed by atoms with E-state index < -0.39 is 5.97 Å². The maximum Gasteiger partial charge on any atom is 0.332 e. The van der Waals surface area contributed by atoms with Crippen molar-refractivity contribution in [2.24, 2.45) is 4.99 Å². The van der Waals surface area contributed by atoms with Crippen LogP contribution in [0.3, 0.4) is 0 Å². The van der Waals surface area contributed by atoms with Crippen molar-refractivity contribution in [2.75, 3.05) is 13.2 Å². The van der Waals surface area contributed by atoms with Gasteiger partial charge in [0.2, 0.25) is 0 Å². The molecule has 5 heteroatoms. The molecule has 96 valence electrons. The molecule has 1 aromatic heterocycles. The molecule has 2 heterocycles. The molecule has 1 aromatic rings. The number of allylic oxidation sites excluding steroid dienone is 1. The van der Waals surface area contributed by atoms with Gasteiger partial charge in [0.05, 0.1) is 24.6 Å². The Morgan fingerprint density at radius 2 is 2.44 bits per heavy atom. The monoisotopic (exact) mass is 248 g/mol. The molecule has 0 aromatic carbocycles. The first-order valence-corrected chi connectivity index (χ1v) is 5.93. The van der Waals surface area contributed by atoms with Crippen molar-refractivity contribution in [1.82, 2.24) is 4.57 Å². The Morgan fingerprint density at radius 1 is 1.67 bits per heavy atom. The third-order valence-corrected chi connectivity index (χ3v) is 2.82. The van der Waals surface area contributed by atoms with Crippen molar-refractivity contribution in [3.8, 4) is 5.75 Å². The van der Waals surface area contributed by atoms with E-state index in [1.165, 1.54) is 6.08 Å². The van der Waals surface area contributed by atoms with Gasteiger partial charge in [-0.3, -0.25) is 4.99 Å². The van der Waals surface area contributed by atoms with Gasteiger partial charge in [0.1, 0.15) is 11.2 Å². The highest BCUT2D eigenvalue weighted by Gasteiger charge is 2.17. The number of carbonyl (C=O) groups is 1. The van der Waals surface area contributed by atoms with Crippen LogP contribution >= 0.6 is 0 Å². The molecule has 1 N–H and O–H groups in total. The highest BCUT2D eigenvalue weighted by molar-refractivity contribution is 6.00. The van der Waals surface area contributed by atoms with E-state index >= 15 is 0 Å². The summed E-state index contributed by atoms with van der Waals surface area (Å²) in [5.74, 6) is -0.355. The van der Waals surface area contributed by atoms with E-state index in [1.54, 1.807) is 13.0 Å². The van der Waals surface area contributed by atoms with Crippen molar-refractivity contribution in [3.05, 3.63) is 29.1 Å². The average molecular weight is 248 g/mol. The minimum atomic E-state index is -0.454. The van der Waals surface area contributed by atoms with Gasteiger partial charge < -0.3 is 14.4 Å². The van der Waals surface area contributed by atoms with Gasteiger partial charge in [-0.15, -0.1) is 6.58 Å². The van der Waals surface area contributed by atoms with Crippen LogP contribution in [-0.4, -0.2) is 28.8 Å². The molecule has 0 spiro atoms. The summed E-state index contributed by atoms with van der Waals surface area (Å²) in [5.41, 5.74) is 1.46. The van der Waals surface area contributed by atoms with E-state index in [-0.39, 0.29) is 5.75 Å². The fourth-order valence-corrected chi connectivity index (χ4v) is 2.10. The number of aromatic nitrogens is 1. The minimum Gasteiger partial charge on any atom is -0.505 e. The maximum absolute atomic E-state index is 11.5.